The van der Waals surface area contributed by atoms with Crippen LogP contribution in [-0.4, -0.2) is 50.3 Å². The second-order valence-electron chi connectivity index (χ2n) is 7.51. The number of hydrogen-bond acceptors (Lipinski definition) is 6. The second-order valence-corrected chi connectivity index (χ2v) is 7.51. The van der Waals surface area contributed by atoms with E-state index in [0.717, 1.165) is 38.5 Å². The van der Waals surface area contributed by atoms with E-state index in [2.05, 4.69) is 10.6 Å². The zero-order valence-corrected chi connectivity index (χ0v) is 14.8. The highest BCUT2D eigenvalue weighted by Crippen LogP contribution is 2.32. The Morgan fingerprint density at radius 2 is 1.04 bits per heavy atom. The van der Waals surface area contributed by atoms with Crippen LogP contribution in [0.5, 0.6) is 0 Å². The summed E-state index contributed by atoms with van der Waals surface area (Å²) in [6.07, 6.45) is 9.04. The predicted octanol–water partition coefficient (Wildman–Crippen LogP) is 1.38. The van der Waals surface area contributed by atoms with Crippen molar-refractivity contribution in [1.29, 1.82) is 0 Å². The molecule has 6 atom stereocenters. The van der Waals surface area contributed by atoms with Crippen molar-refractivity contribution < 1.29 is 19.1 Å². The topological polar surface area (TPSA) is 76.7 Å². The molecule has 6 heteroatoms. The molecule has 2 N–H and O–H groups in total. The highest BCUT2D eigenvalue weighted by Gasteiger charge is 2.40. The van der Waals surface area contributed by atoms with Crippen molar-refractivity contribution in [1.82, 2.24) is 10.6 Å². The Balaban J connectivity index is 0.000000141. The summed E-state index contributed by atoms with van der Waals surface area (Å²) in [7, 11) is 2.95. The van der Waals surface area contributed by atoms with Crippen molar-refractivity contribution in [2.75, 3.05) is 14.2 Å². The number of hydrogen-bond donors (Lipinski definition) is 2. The monoisotopic (exact) mass is 338 g/mol. The van der Waals surface area contributed by atoms with Crippen molar-refractivity contribution in [3.63, 3.8) is 0 Å². The lowest BCUT2D eigenvalue weighted by Crippen LogP contribution is -2.43. The van der Waals surface area contributed by atoms with Crippen LogP contribution < -0.4 is 10.6 Å². The van der Waals surface area contributed by atoms with Gasteiger partial charge in [-0.05, 0) is 51.4 Å². The normalized spacial score (nSPS) is 39.6. The van der Waals surface area contributed by atoms with E-state index >= 15 is 0 Å². The maximum atomic E-state index is 11.3. The zero-order chi connectivity index (χ0) is 17.1. The molecule has 0 radical (unpaired) electrons. The van der Waals surface area contributed by atoms with Crippen LogP contribution in [0.2, 0.25) is 0 Å². The van der Waals surface area contributed by atoms with Gasteiger partial charge >= 0.3 is 11.9 Å². The number of carbonyl (C=O) groups excluding carboxylic acids is 2. The molecule has 6 nitrogen and oxygen atoms in total. The lowest BCUT2D eigenvalue weighted by atomic mass is 9.92. The van der Waals surface area contributed by atoms with Crippen molar-refractivity contribution in [3.8, 4) is 0 Å². The van der Waals surface area contributed by atoms with Crippen molar-refractivity contribution in [2.45, 2.75) is 75.5 Å². The number of methoxy groups -OCH3 is 2. The molecule has 4 rings (SSSR count). The minimum atomic E-state index is -0.0344. The number of piperidine rings is 2. The summed E-state index contributed by atoms with van der Waals surface area (Å²) >= 11 is 0. The van der Waals surface area contributed by atoms with E-state index in [4.69, 9.17) is 9.47 Å². The first-order chi connectivity index (χ1) is 11.6. The third-order valence-corrected chi connectivity index (χ3v) is 6.18. The van der Waals surface area contributed by atoms with Gasteiger partial charge in [0.15, 0.2) is 0 Å². The van der Waals surface area contributed by atoms with Crippen LogP contribution in [0.15, 0.2) is 0 Å². The number of rotatable bonds is 2. The highest BCUT2D eigenvalue weighted by molar-refractivity contribution is 5.73. The van der Waals surface area contributed by atoms with E-state index in [-0.39, 0.29) is 23.8 Å². The minimum absolute atomic E-state index is 0.0344. The quantitative estimate of drug-likeness (QED) is 0.741. The van der Waals surface area contributed by atoms with Gasteiger partial charge < -0.3 is 20.1 Å². The van der Waals surface area contributed by atoms with E-state index < -0.39 is 0 Å². The molecule has 0 aromatic carbocycles. The second kappa shape index (κ2) is 7.83. The van der Waals surface area contributed by atoms with E-state index in [0.29, 0.717) is 24.2 Å². The van der Waals surface area contributed by atoms with Gasteiger partial charge in [-0.2, -0.15) is 0 Å². The molecule has 4 heterocycles. The molecule has 4 saturated heterocycles. The number of carbonyl (C=O) groups is 2. The number of esters is 2. The summed E-state index contributed by atoms with van der Waals surface area (Å²) in [4.78, 5) is 22.6. The predicted molar refractivity (Wildman–Crippen MR) is 89.4 cm³/mol. The van der Waals surface area contributed by atoms with E-state index in [9.17, 15) is 9.59 Å². The van der Waals surface area contributed by atoms with E-state index in [1.54, 1.807) is 0 Å². The Hall–Kier alpha value is -1.14. The summed E-state index contributed by atoms with van der Waals surface area (Å²) < 4.78 is 9.52. The summed E-state index contributed by atoms with van der Waals surface area (Å²) in [6.45, 7) is 0. The minimum Gasteiger partial charge on any atom is -0.469 e. The summed E-state index contributed by atoms with van der Waals surface area (Å²) in [5, 5.41) is 6.91. The molecule has 0 spiro atoms. The number of fused-ring (bicyclic) bond motifs is 4. The molecule has 0 aliphatic carbocycles. The molecular formula is C18H30N2O4. The zero-order valence-electron chi connectivity index (χ0n) is 14.8. The van der Waals surface area contributed by atoms with Crippen molar-refractivity contribution in [2.24, 2.45) is 11.8 Å². The summed E-state index contributed by atoms with van der Waals surface area (Å²) in [5.41, 5.74) is 0. The SMILES string of the molecule is COC(=O)[C@@H]1CC[C@H]2CC[C@@H]1N2.COC(=O)[C@H]1CC[C@@H]2CC[C@H]1N2. The van der Waals surface area contributed by atoms with Crippen molar-refractivity contribution in [3.05, 3.63) is 0 Å². The van der Waals surface area contributed by atoms with E-state index in [1.165, 1.54) is 27.1 Å². The molecule has 4 bridgehead atoms. The highest BCUT2D eigenvalue weighted by atomic mass is 16.5. The van der Waals surface area contributed by atoms with Crippen LogP contribution in [0.1, 0.15) is 51.4 Å². The van der Waals surface area contributed by atoms with Gasteiger partial charge in [0.25, 0.3) is 0 Å². The van der Waals surface area contributed by atoms with Crippen LogP contribution in [0.4, 0.5) is 0 Å². The average Bonchev–Trinajstić information content (AvgIpc) is 3.18. The van der Waals surface area contributed by atoms with E-state index in [1.807, 2.05) is 0 Å². The van der Waals surface area contributed by atoms with Crippen LogP contribution in [0, 0.1) is 11.8 Å². The average molecular weight is 338 g/mol. The maximum Gasteiger partial charge on any atom is 0.310 e. The number of ether oxygens (including phenoxy) is 2. The van der Waals surface area contributed by atoms with Gasteiger partial charge in [0.05, 0.1) is 26.1 Å². The van der Waals surface area contributed by atoms with Gasteiger partial charge in [-0.1, -0.05) is 0 Å². The molecule has 0 aromatic rings. The van der Waals surface area contributed by atoms with Crippen LogP contribution >= 0.6 is 0 Å². The van der Waals surface area contributed by atoms with Gasteiger partial charge in [0, 0.05) is 24.2 Å². The molecule has 0 amide bonds. The largest absolute Gasteiger partial charge is 0.469 e. The summed E-state index contributed by atoms with van der Waals surface area (Å²) in [5.74, 6) is 0.170. The molecule has 24 heavy (non-hydrogen) atoms. The fourth-order valence-electron chi connectivity index (χ4n) is 4.82. The lowest BCUT2D eigenvalue weighted by molar-refractivity contribution is -0.148. The Morgan fingerprint density at radius 3 is 1.42 bits per heavy atom. The van der Waals surface area contributed by atoms with Crippen molar-refractivity contribution >= 4 is 11.9 Å². The first-order valence-electron chi connectivity index (χ1n) is 9.30. The standard InChI is InChI=1S/2C9H15NO2/c2*1-12-9(11)7-4-2-6-3-5-8(7)10-6/h2*6-8,10H,2-5H2,1H3/t2*6-,7+,8-/m10/s1. The number of nitrogens with one attached hydrogen (secondary N) is 2. The van der Waals surface area contributed by atoms with Crippen LogP contribution in [0.3, 0.4) is 0 Å². The fraction of sp³-hybridized carbons (Fsp3) is 0.889. The molecule has 0 unspecified atom stereocenters. The molecule has 136 valence electrons. The van der Waals surface area contributed by atoms with Gasteiger partial charge in [0.1, 0.15) is 0 Å². The maximum absolute atomic E-state index is 11.3. The Labute approximate surface area is 144 Å². The third kappa shape index (κ3) is 3.75. The molecule has 0 saturated carbocycles. The van der Waals surface area contributed by atoms with Gasteiger partial charge in [-0.3, -0.25) is 9.59 Å². The molecule has 4 fully saturated rings. The van der Waals surface area contributed by atoms with Gasteiger partial charge in [-0.15, -0.1) is 0 Å². The van der Waals surface area contributed by atoms with Gasteiger partial charge in [0.2, 0.25) is 0 Å². The van der Waals surface area contributed by atoms with Gasteiger partial charge in [-0.25, -0.2) is 0 Å². The van der Waals surface area contributed by atoms with Crippen LogP contribution in [0.25, 0.3) is 0 Å². The lowest BCUT2D eigenvalue weighted by Gasteiger charge is -2.27. The molecular weight excluding hydrogens is 308 g/mol. The third-order valence-electron chi connectivity index (χ3n) is 6.18. The fourth-order valence-corrected chi connectivity index (χ4v) is 4.82. The Bertz CT molecular complexity index is 428. The smallest absolute Gasteiger partial charge is 0.310 e. The van der Waals surface area contributed by atoms with Crippen LogP contribution in [-0.2, 0) is 19.1 Å². The molecule has 4 aliphatic heterocycles. The first kappa shape index (κ1) is 17.7. The molecule has 0 aromatic heterocycles. The molecule has 4 aliphatic rings. The summed E-state index contributed by atoms with van der Waals surface area (Å²) in [6, 6.07) is 2.15. The Kier molecular flexibility index (Phi) is 5.76. The first-order valence-corrected chi connectivity index (χ1v) is 9.30. The Morgan fingerprint density at radius 1 is 0.667 bits per heavy atom.